The molecule has 8 heteroatoms. The highest BCUT2D eigenvalue weighted by Gasteiger charge is 2.15. The quantitative estimate of drug-likeness (QED) is 0.538. The first-order valence-corrected chi connectivity index (χ1v) is 5.81. The van der Waals surface area contributed by atoms with Gasteiger partial charge in [-0.2, -0.15) is 0 Å². The molecule has 4 N–H and O–H groups in total. The number of nitrogens with two attached hydrogens (primary N) is 1. The third kappa shape index (κ3) is 3.11. The number of amides is 1. The molecule has 0 bridgehead atoms. The number of nitrogens with zero attached hydrogens (tertiary/aromatic N) is 2. The fourth-order valence-corrected chi connectivity index (χ4v) is 2.09. The van der Waals surface area contributed by atoms with Gasteiger partial charge in [-0.15, -0.1) is 5.10 Å². The molecule has 1 atom stereocenters. The Morgan fingerprint density at radius 2 is 2.44 bits per heavy atom. The zero-order valence-electron chi connectivity index (χ0n) is 9.19. The monoisotopic (exact) mass is 245 g/mol. The van der Waals surface area contributed by atoms with E-state index in [0.29, 0.717) is 17.5 Å². The zero-order valence-corrected chi connectivity index (χ0v) is 10.0. The largest absolute Gasteiger partial charge is 0.368 e. The van der Waals surface area contributed by atoms with Crippen LogP contribution in [0.4, 0.5) is 0 Å². The standard InChI is InChI=1S/C8H15N5O2S/c1-3-10-5(6(9)14)4-16-8-12-11-7(15)13(8)2/h5,10H,3-4H2,1-2H3,(H2,9,14)(H,11,15). The van der Waals surface area contributed by atoms with Gasteiger partial charge in [0, 0.05) is 12.8 Å². The Balaban J connectivity index is 2.58. The lowest BCUT2D eigenvalue weighted by atomic mass is 10.3. The highest BCUT2D eigenvalue weighted by molar-refractivity contribution is 7.99. The Bertz CT molecular complexity index is 413. The predicted molar refractivity (Wildman–Crippen MR) is 61.2 cm³/mol. The second-order valence-corrected chi connectivity index (χ2v) is 4.18. The average molecular weight is 245 g/mol. The van der Waals surface area contributed by atoms with Crippen LogP contribution in [0.1, 0.15) is 6.92 Å². The maximum Gasteiger partial charge on any atom is 0.343 e. The first kappa shape index (κ1) is 12.8. The van der Waals surface area contributed by atoms with E-state index in [2.05, 4.69) is 15.5 Å². The molecular formula is C8H15N5O2S. The number of H-pyrrole nitrogens is 1. The molecule has 0 aliphatic rings. The highest BCUT2D eigenvalue weighted by atomic mass is 32.2. The van der Waals surface area contributed by atoms with E-state index in [1.807, 2.05) is 6.92 Å². The van der Waals surface area contributed by atoms with Gasteiger partial charge in [0.05, 0.1) is 6.04 Å². The van der Waals surface area contributed by atoms with Crippen LogP contribution in [0.15, 0.2) is 9.95 Å². The number of hydrogen-bond acceptors (Lipinski definition) is 5. The average Bonchev–Trinajstić information content (AvgIpc) is 2.55. The summed E-state index contributed by atoms with van der Waals surface area (Å²) in [6, 6.07) is -0.415. The Kier molecular flexibility index (Phi) is 4.56. The van der Waals surface area contributed by atoms with E-state index < -0.39 is 11.9 Å². The van der Waals surface area contributed by atoms with Crippen molar-refractivity contribution in [3.63, 3.8) is 0 Å². The molecule has 0 aliphatic carbocycles. The Morgan fingerprint density at radius 3 is 2.88 bits per heavy atom. The predicted octanol–water partition coefficient (Wildman–Crippen LogP) is -1.34. The van der Waals surface area contributed by atoms with Crippen molar-refractivity contribution < 1.29 is 4.79 Å². The van der Waals surface area contributed by atoms with Crippen molar-refractivity contribution in [2.24, 2.45) is 12.8 Å². The van der Waals surface area contributed by atoms with Crippen molar-refractivity contribution in [2.75, 3.05) is 12.3 Å². The summed E-state index contributed by atoms with van der Waals surface area (Å²) in [5, 5.41) is 9.63. The van der Waals surface area contributed by atoms with Crippen LogP contribution in [0.2, 0.25) is 0 Å². The molecule has 16 heavy (non-hydrogen) atoms. The smallest absolute Gasteiger partial charge is 0.343 e. The van der Waals surface area contributed by atoms with Crippen LogP contribution in [-0.4, -0.2) is 39.0 Å². The normalized spacial score (nSPS) is 12.6. The van der Waals surface area contributed by atoms with Crippen molar-refractivity contribution in [1.29, 1.82) is 0 Å². The van der Waals surface area contributed by atoms with Gasteiger partial charge in [-0.05, 0) is 6.54 Å². The van der Waals surface area contributed by atoms with E-state index in [4.69, 9.17) is 5.73 Å². The van der Waals surface area contributed by atoms with Crippen LogP contribution in [0.5, 0.6) is 0 Å². The minimum Gasteiger partial charge on any atom is -0.368 e. The molecule has 90 valence electrons. The lowest BCUT2D eigenvalue weighted by molar-refractivity contribution is -0.119. The van der Waals surface area contributed by atoms with Crippen LogP contribution in [-0.2, 0) is 11.8 Å². The van der Waals surface area contributed by atoms with Crippen molar-refractivity contribution in [2.45, 2.75) is 18.1 Å². The number of rotatable bonds is 6. The van der Waals surface area contributed by atoms with Crippen LogP contribution in [0.25, 0.3) is 0 Å². The number of hydrogen-bond donors (Lipinski definition) is 3. The van der Waals surface area contributed by atoms with E-state index in [-0.39, 0.29) is 5.69 Å². The Labute approximate surface area is 96.8 Å². The summed E-state index contributed by atoms with van der Waals surface area (Å²) in [4.78, 5) is 22.1. The maximum absolute atomic E-state index is 11.1. The van der Waals surface area contributed by atoms with E-state index >= 15 is 0 Å². The lowest BCUT2D eigenvalue weighted by Gasteiger charge is -2.12. The number of carbonyl (C=O) groups is 1. The zero-order chi connectivity index (χ0) is 12.1. The van der Waals surface area contributed by atoms with E-state index in [1.165, 1.54) is 16.3 Å². The van der Waals surface area contributed by atoms with Crippen molar-refractivity contribution in [3.8, 4) is 0 Å². The summed E-state index contributed by atoms with van der Waals surface area (Å²) >= 11 is 1.30. The molecule has 0 saturated heterocycles. The van der Waals surface area contributed by atoms with Crippen molar-refractivity contribution in [1.82, 2.24) is 20.1 Å². The Hall–Kier alpha value is -1.28. The molecule has 0 aromatic carbocycles. The topological polar surface area (TPSA) is 106 Å². The van der Waals surface area contributed by atoms with E-state index in [9.17, 15) is 9.59 Å². The lowest BCUT2D eigenvalue weighted by Crippen LogP contribution is -2.43. The third-order valence-corrected chi connectivity index (χ3v) is 3.14. The van der Waals surface area contributed by atoms with Gasteiger partial charge in [0.2, 0.25) is 5.91 Å². The van der Waals surface area contributed by atoms with Crippen LogP contribution in [0, 0.1) is 0 Å². The van der Waals surface area contributed by atoms with Gasteiger partial charge in [0.15, 0.2) is 5.16 Å². The molecule has 0 radical (unpaired) electrons. The van der Waals surface area contributed by atoms with E-state index in [0.717, 1.165) is 0 Å². The number of nitrogens with one attached hydrogen (secondary N) is 2. The molecule has 0 fully saturated rings. The first-order valence-electron chi connectivity index (χ1n) is 4.83. The van der Waals surface area contributed by atoms with Gasteiger partial charge in [-0.3, -0.25) is 9.36 Å². The van der Waals surface area contributed by atoms with Gasteiger partial charge in [-0.25, -0.2) is 9.89 Å². The Morgan fingerprint density at radius 1 is 1.75 bits per heavy atom. The number of primary amides is 1. The van der Waals surface area contributed by atoms with E-state index in [1.54, 1.807) is 7.05 Å². The van der Waals surface area contributed by atoms with Gasteiger partial charge >= 0.3 is 5.69 Å². The summed E-state index contributed by atoms with van der Waals surface area (Å²) in [6.45, 7) is 2.55. The number of carbonyl (C=O) groups excluding carboxylic acids is 1. The minimum atomic E-state index is -0.415. The van der Waals surface area contributed by atoms with Gasteiger partial charge in [-0.1, -0.05) is 18.7 Å². The molecule has 1 aromatic heterocycles. The van der Waals surface area contributed by atoms with Crippen molar-refractivity contribution >= 4 is 17.7 Å². The molecule has 1 amide bonds. The summed E-state index contributed by atoms with van der Waals surface area (Å²) in [5.74, 6) is 0.0382. The fraction of sp³-hybridized carbons (Fsp3) is 0.625. The molecule has 1 rings (SSSR count). The molecule has 1 heterocycles. The number of likely N-dealkylation sites (N-methyl/N-ethyl adjacent to an activating group) is 1. The molecule has 0 saturated carbocycles. The van der Waals surface area contributed by atoms with Crippen LogP contribution < -0.4 is 16.7 Å². The summed E-state index contributed by atoms with van der Waals surface area (Å²) in [6.07, 6.45) is 0. The van der Waals surface area contributed by atoms with Crippen molar-refractivity contribution in [3.05, 3.63) is 10.5 Å². The third-order valence-electron chi connectivity index (χ3n) is 2.01. The highest BCUT2D eigenvalue weighted by Crippen LogP contribution is 2.12. The van der Waals surface area contributed by atoms with Gasteiger partial charge < -0.3 is 11.1 Å². The van der Waals surface area contributed by atoms with Crippen LogP contribution >= 0.6 is 11.8 Å². The molecule has 0 aliphatic heterocycles. The second-order valence-electron chi connectivity index (χ2n) is 3.19. The molecule has 1 aromatic rings. The fourth-order valence-electron chi connectivity index (χ4n) is 1.11. The number of aromatic nitrogens is 3. The number of thioether (sulfide) groups is 1. The van der Waals surface area contributed by atoms with Gasteiger partial charge in [0.25, 0.3) is 0 Å². The minimum absolute atomic E-state index is 0.276. The first-order chi connectivity index (χ1) is 7.56. The SMILES string of the molecule is CCNC(CSc1n[nH]c(=O)n1C)C(N)=O. The molecule has 7 nitrogen and oxygen atoms in total. The summed E-state index contributed by atoms with van der Waals surface area (Å²) in [7, 11) is 1.61. The molecule has 1 unspecified atom stereocenters. The maximum atomic E-state index is 11.1. The van der Waals surface area contributed by atoms with Gasteiger partial charge in [0.1, 0.15) is 0 Å². The van der Waals surface area contributed by atoms with Crippen LogP contribution in [0.3, 0.4) is 0 Å². The molecule has 0 spiro atoms. The molecular weight excluding hydrogens is 230 g/mol. The number of aromatic amines is 1. The summed E-state index contributed by atoms with van der Waals surface area (Å²) in [5.41, 5.74) is 4.94. The second kappa shape index (κ2) is 5.71. The summed E-state index contributed by atoms with van der Waals surface area (Å²) < 4.78 is 1.38.